The molecule has 0 spiro atoms. The first-order chi connectivity index (χ1) is 6.03. The van der Waals surface area contributed by atoms with Crippen molar-refractivity contribution in [2.75, 3.05) is 0 Å². The molecule has 0 radical (unpaired) electrons. The second-order valence-corrected chi connectivity index (χ2v) is 5.00. The summed E-state index contributed by atoms with van der Waals surface area (Å²) in [7, 11) is 0. The maximum atomic E-state index is 4.21. The van der Waals surface area contributed by atoms with E-state index in [0.717, 1.165) is 11.0 Å². The van der Waals surface area contributed by atoms with Crippen LogP contribution in [0.25, 0.3) is 0 Å². The second-order valence-electron chi connectivity index (χ2n) is 4.18. The van der Waals surface area contributed by atoms with Crippen molar-refractivity contribution in [3.05, 3.63) is 28.5 Å². The first-order valence-electron chi connectivity index (χ1n) is 4.64. The Morgan fingerprint density at radius 1 is 1.38 bits per heavy atom. The van der Waals surface area contributed by atoms with Crippen molar-refractivity contribution >= 4 is 15.9 Å². The van der Waals surface area contributed by atoms with Gasteiger partial charge in [0.05, 0.1) is 0 Å². The smallest absolute Gasteiger partial charge is 0.106 e. The fourth-order valence-electron chi connectivity index (χ4n) is 1.19. The van der Waals surface area contributed by atoms with Crippen molar-refractivity contribution in [2.45, 2.75) is 33.6 Å². The molecule has 0 fully saturated rings. The lowest BCUT2D eigenvalue weighted by molar-refractivity contribution is 0.349. The molecule has 0 amide bonds. The maximum Gasteiger partial charge on any atom is 0.106 e. The molecule has 0 bridgehead atoms. The van der Waals surface area contributed by atoms with Gasteiger partial charge in [-0.1, -0.05) is 33.3 Å². The van der Waals surface area contributed by atoms with Crippen LogP contribution in [0.1, 0.15) is 32.8 Å². The van der Waals surface area contributed by atoms with Gasteiger partial charge in [-0.25, -0.2) is 4.98 Å². The zero-order chi connectivity index (χ0) is 9.90. The summed E-state index contributed by atoms with van der Waals surface area (Å²) in [5.41, 5.74) is 1.70. The van der Waals surface area contributed by atoms with Crippen molar-refractivity contribution in [3.8, 4) is 0 Å². The number of aromatic nitrogens is 1. The highest BCUT2D eigenvalue weighted by Crippen LogP contribution is 2.25. The third kappa shape index (κ3) is 3.47. The zero-order valence-electron chi connectivity index (χ0n) is 8.47. The van der Waals surface area contributed by atoms with Crippen molar-refractivity contribution in [3.63, 3.8) is 0 Å². The fraction of sp³-hybridized carbons (Fsp3) is 0.545. The molecule has 1 aromatic heterocycles. The Morgan fingerprint density at radius 2 is 2.08 bits per heavy atom. The van der Waals surface area contributed by atoms with Crippen LogP contribution in [-0.4, -0.2) is 4.98 Å². The van der Waals surface area contributed by atoms with Crippen LogP contribution >= 0.6 is 15.9 Å². The summed E-state index contributed by atoms with van der Waals surface area (Å²) >= 11 is 3.33. The normalized spacial score (nSPS) is 11.7. The highest BCUT2D eigenvalue weighted by Gasteiger charge is 2.15. The Balaban J connectivity index is 2.69. The van der Waals surface area contributed by atoms with Crippen LogP contribution in [0.3, 0.4) is 0 Å². The first kappa shape index (κ1) is 10.7. The summed E-state index contributed by atoms with van der Waals surface area (Å²) in [6.07, 6.45) is 4.24. The summed E-state index contributed by atoms with van der Waals surface area (Å²) < 4.78 is 0.908. The SMILES string of the molecule is CCC(C)(C)Cc1ccc(Br)nc1. The molecule has 2 heteroatoms. The molecule has 13 heavy (non-hydrogen) atoms. The molecule has 0 aromatic carbocycles. The highest BCUT2D eigenvalue weighted by atomic mass is 79.9. The summed E-state index contributed by atoms with van der Waals surface area (Å²) in [6, 6.07) is 4.13. The Labute approximate surface area is 88.7 Å². The molecule has 0 aliphatic carbocycles. The summed E-state index contributed by atoms with van der Waals surface area (Å²) in [5, 5.41) is 0. The van der Waals surface area contributed by atoms with E-state index in [2.05, 4.69) is 47.8 Å². The number of halogens is 1. The Hall–Kier alpha value is -0.370. The minimum Gasteiger partial charge on any atom is -0.249 e. The Bertz CT molecular complexity index is 264. The lowest BCUT2D eigenvalue weighted by Gasteiger charge is -2.22. The van der Waals surface area contributed by atoms with E-state index >= 15 is 0 Å². The van der Waals surface area contributed by atoms with Crippen LogP contribution in [0, 0.1) is 5.41 Å². The van der Waals surface area contributed by atoms with Gasteiger partial charge < -0.3 is 0 Å². The van der Waals surface area contributed by atoms with E-state index in [-0.39, 0.29) is 0 Å². The standard InChI is InChI=1S/C11H16BrN/c1-4-11(2,3)7-9-5-6-10(12)13-8-9/h5-6,8H,4,7H2,1-3H3. The second kappa shape index (κ2) is 4.23. The molecule has 0 N–H and O–H groups in total. The van der Waals surface area contributed by atoms with Gasteiger partial charge in [-0.15, -0.1) is 0 Å². The predicted molar refractivity (Wildman–Crippen MR) is 59.7 cm³/mol. The molecule has 0 unspecified atom stereocenters. The van der Waals surface area contributed by atoms with Gasteiger partial charge in [0, 0.05) is 6.20 Å². The van der Waals surface area contributed by atoms with Crippen molar-refractivity contribution in [2.24, 2.45) is 5.41 Å². The number of pyridine rings is 1. The van der Waals surface area contributed by atoms with Crippen LogP contribution in [0.2, 0.25) is 0 Å². The van der Waals surface area contributed by atoms with Crippen molar-refractivity contribution < 1.29 is 0 Å². The van der Waals surface area contributed by atoms with E-state index in [1.807, 2.05) is 12.3 Å². The molecule has 72 valence electrons. The minimum atomic E-state index is 0.384. The molecule has 1 rings (SSSR count). The molecule has 0 atom stereocenters. The summed E-state index contributed by atoms with van der Waals surface area (Å²) in [6.45, 7) is 6.80. The largest absolute Gasteiger partial charge is 0.249 e. The lowest BCUT2D eigenvalue weighted by Crippen LogP contribution is -2.13. The van der Waals surface area contributed by atoms with Crippen LogP contribution in [0.15, 0.2) is 22.9 Å². The number of hydrogen-bond acceptors (Lipinski definition) is 1. The van der Waals surface area contributed by atoms with Crippen LogP contribution in [0.5, 0.6) is 0 Å². The van der Waals surface area contributed by atoms with Gasteiger partial charge in [-0.2, -0.15) is 0 Å². The van der Waals surface area contributed by atoms with Crippen molar-refractivity contribution in [1.29, 1.82) is 0 Å². The number of hydrogen-bond donors (Lipinski definition) is 0. The van der Waals surface area contributed by atoms with Gasteiger partial charge in [-0.3, -0.25) is 0 Å². The van der Waals surface area contributed by atoms with E-state index in [9.17, 15) is 0 Å². The number of nitrogens with zero attached hydrogens (tertiary/aromatic N) is 1. The number of rotatable bonds is 3. The van der Waals surface area contributed by atoms with Crippen LogP contribution in [-0.2, 0) is 6.42 Å². The predicted octanol–water partition coefficient (Wildman–Crippen LogP) is 3.82. The topological polar surface area (TPSA) is 12.9 Å². The third-order valence-corrected chi connectivity index (χ3v) is 2.90. The molecule has 1 aromatic rings. The van der Waals surface area contributed by atoms with E-state index in [1.54, 1.807) is 0 Å². The lowest BCUT2D eigenvalue weighted by atomic mass is 9.84. The zero-order valence-corrected chi connectivity index (χ0v) is 10.1. The molecule has 0 aliphatic heterocycles. The quantitative estimate of drug-likeness (QED) is 0.734. The van der Waals surface area contributed by atoms with Gasteiger partial charge >= 0.3 is 0 Å². The van der Waals surface area contributed by atoms with E-state index in [4.69, 9.17) is 0 Å². The average molecular weight is 242 g/mol. The summed E-state index contributed by atoms with van der Waals surface area (Å²) in [4.78, 5) is 4.21. The van der Waals surface area contributed by atoms with Crippen LogP contribution in [0.4, 0.5) is 0 Å². The molecule has 0 saturated heterocycles. The van der Waals surface area contributed by atoms with Gasteiger partial charge in [-0.05, 0) is 39.4 Å². The molecule has 0 aliphatic rings. The third-order valence-electron chi connectivity index (χ3n) is 2.43. The Kier molecular flexibility index (Phi) is 3.48. The summed E-state index contributed by atoms with van der Waals surface area (Å²) in [5.74, 6) is 0. The van der Waals surface area contributed by atoms with E-state index in [0.29, 0.717) is 5.41 Å². The average Bonchev–Trinajstić information content (AvgIpc) is 2.09. The fourth-order valence-corrected chi connectivity index (χ4v) is 1.42. The molecule has 1 nitrogen and oxygen atoms in total. The van der Waals surface area contributed by atoms with Crippen LogP contribution < -0.4 is 0 Å². The van der Waals surface area contributed by atoms with Crippen molar-refractivity contribution in [1.82, 2.24) is 4.98 Å². The van der Waals surface area contributed by atoms with Gasteiger partial charge in [0.1, 0.15) is 4.60 Å². The molecule has 0 saturated carbocycles. The monoisotopic (exact) mass is 241 g/mol. The Morgan fingerprint density at radius 3 is 2.54 bits per heavy atom. The van der Waals surface area contributed by atoms with Gasteiger partial charge in [0.25, 0.3) is 0 Å². The first-order valence-corrected chi connectivity index (χ1v) is 5.43. The van der Waals surface area contributed by atoms with E-state index in [1.165, 1.54) is 12.0 Å². The van der Waals surface area contributed by atoms with E-state index < -0.39 is 0 Å². The molecular formula is C11H16BrN. The van der Waals surface area contributed by atoms with Gasteiger partial charge in [0.15, 0.2) is 0 Å². The maximum absolute atomic E-state index is 4.21. The molecular weight excluding hydrogens is 226 g/mol. The minimum absolute atomic E-state index is 0.384. The highest BCUT2D eigenvalue weighted by molar-refractivity contribution is 9.10. The van der Waals surface area contributed by atoms with Gasteiger partial charge in [0.2, 0.25) is 0 Å². The molecule has 1 heterocycles.